The van der Waals surface area contributed by atoms with Gasteiger partial charge in [-0.3, -0.25) is 0 Å². The summed E-state index contributed by atoms with van der Waals surface area (Å²) in [5.41, 5.74) is 1.90. The highest BCUT2D eigenvalue weighted by Crippen LogP contribution is 2.34. The Balaban J connectivity index is 1.80. The van der Waals surface area contributed by atoms with E-state index in [9.17, 15) is 8.78 Å². The van der Waals surface area contributed by atoms with Crippen LogP contribution in [0.4, 0.5) is 8.78 Å². The van der Waals surface area contributed by atoms with Crippen LogP contribution in [0.25, 0.3) is 22.2 Å². The van der Waals surface area contributed by atoms with E-state index in [4.69, 9.17) is 21.1 Å². The molecule has 0 radical (unpaired) electrons. The summed E-state index contributed by atoms with van der Waals surface area (Å²) in [6.07, 6.45) is 1.55. The number of hydrogen-bond donors (Lipinski definition) is 0. The van der Waals surface area contributed by atoms with Gasteiger partial charge in [0, 0.05) is 23.9 Å². The fourth-order valence-corrected chi connectivity index (χ4v) is 2.99. The van der Waals surface area contributed by atoms with Crippen molar-refractivity contribution in [2.24, 2.45) is 0 Å². The summed E-state index contributed by atoms with van der Waals surface area (Å²) in [5, 5.41) is 5.71. The summed E-state index contributed by atoms with van der Waals surface area (Å²) in [4.78, 5) is 5.57. The highest BCUT2D eigenvalue weighted by Gasteiger charge is 2.17. The Morgan fingerprint density at radius 2 is 1.93 bits per heavy atom. The van der Waals surface area contributed by atoms with E-state index in [2.05, 4.69) is 10.1 Å². The highest BCUT2D eigenvalue weighted by atomic mass is 35.5. The number of rotatable bonds is 5. The largest absolute Gasteiger partial charge is 0.476 e. The third-order valence-electron chi connectivity index (χ3n) is 4.00. The fraction of sp³-hybridized carbons (Fsp3) is 0.0526. The molecule has 0 spiro atoms. The number of ether oxygens (including phenoxy) is 1. The maximum atomic E-state index is 13.9. The van der Waals surface area contributed by atoms with E-state index < -0.39 is 11.6 Å². The molecule has 9 heteroatoms. The average Bonchev–Trinajstić information content (AvgIpc) is 3.03. The highest BCUT2D eigenvalue weighted by molar-refractivity contribution is 6.33. The van der Waals surface area contributed by atoms with Gasteiger partial charge in [0.2, 0.25) is 5.88 Å². The molecule has 2 heterocycles. The van der Waals surface area contributed by atoms with E-state index in [-0.39, 0.29) is 11.6 Å². The van der Waals surface area contributed by atoms with Crippen LogP contribution in [0.5, 0.6) is 11.6 Å². The Kier molecular flexibility index (Phi) is 4.87. The van der Waals surface area contributed by atoms with Crippen LogP contribution in [-0.4, -0.2) is 22.4 Å². The first-order chi connectivity index (χ1) is 13.6. The van der Waals surface area contributed by atoms with Crippen molar-refractivity contribution in [2.75, 3.05) is 0 Å². The quantitative estimate of drug-likeness (QED) is 0.458. The molecule has 0 fully saturated rings. The Labute approximate surface area is 164 Å². The molecule has 0 aliphatic heterocycles. The van der Waals surface area contributed by atoms with Gasteiger partial charge in [-0.25, -0.2) is 13.8 Å². The maximum Gasteiger partial charge on any atom is 0.374 e. The number of pyridine rings is 1. The van der Waals surface area contributed by atoms with Crippen molar-refractivity contribution in [3.05, 3.63) is 71.4 Å². The lowest BCUT2D eigenvalue weighted by molar-refractivity contribution is 0.262. The molecule has 0 atom stereocenters. The lowest BCUT2D eigenvalue weighted by atomic mass is 10.1. The minimum absolute atomic E-state index is 0.115. The number of benzene rings is 2. The molecular weight excluding hydrogens is 386 g/mol. The van der Waals surface area contributed by atoms with Gasteiger partial charge in [0.25, 0.3) is 0 Å². The maximum absolute atomic E-state index is 13.9. The zero-order valence-electron chi connectivity index (χ0n) is 14.7. The van der Waals surface area contributed by atoms with E-state index in [1.54, 1.807) is 18.3 Å². The third kappa shape index (κ3) is 3.38. The van der Waals surface area contributed by atoms with Crippen molar-refractivity contribution in [2.45, 2.75) is 6.82 Å². The molecule has 0 aliphatic rings. The molecule has 0 aliphatic carbocycles. The molecule has 2 aromatic carbocycles. The molecule has 140 valence electrons. The first kappa shape index (κ1) is 18.2. The van der Waals surface area contributed by atoms with Gasteiger partial charge in [-0.1, -0.05) is 29.8 Å². The smallest absolute Gasteiger partial charge is 0.374 e. The van der Waals surface area contributed by atoms with Crippen molar-refractivity contribution < 1.29 is 18.3 Å². The van der Waals surface area contributed by atoms with E-state index >= 15 is 0 Å². The van der Waals surface area contributed by atoms with Crippen LogP contribution in [0, 0.1) is 11.6 Å². The normalized spacial score (nSPS) is 10.9. The fourth-order valence-electron chi connectivity index (χ4n) is 2.76. The molecule has 0 N–H and O–H groups in total. The number of aromatic nitrogens is 3. The molecular formula is C19H13BClF2N3O2. The van der Waals surface area contributed by atoms with Crippen LogP contribution >= 0.6 is 11.6 Å². The van der Waals surface area contributed by atoms with E-state index in [1.165, 1.54) is 10.9 Å². The van der Waals surface area contributed by atoms with Crippen molar-refractivity contribution in [3.8, 4) is 22.9 Å². The summed E-state index contributed by atoms with van der Waals surface area (Å²) in [6.45, 7) is 1.83. The van der Waals surface area contributed by atoms with Crippen LogP contribution in [0.3, 0.4) is 0 Å². The third-order valence-corrected chi connectivity index (χ3v) is 4.33. The first-order valence-corrected chi connectivity index (χ1v) is 8.84. The molecule has 0 unspecified atom stereocenters. The number of halogens is 3. The van der Waals surface area contributed by atoms with Crippen LogP contribution in [0.1, 0.15) is 0 Å². The van der Waals surface area contributed by atoms with Crippen molar-refractivity contribution in [1.29, 1.82) is 0 Å². The Hall–Kier alpha value is -3.13. The van der Waals surface area contributed by atoms with E-state index in [0.717, 1.165) is 17.7 Å². The SMILES string of the molecule is CBOn1nc(-c2ccccc2Cl)c2cnc(Oc3ccc(F)cc3F)cc21. The molecule has 2 aromatic heterocycles. The second kappa shape index (κ2) is 7.48. The second-order valence-corrected chi connectivity index (χ2v) is 6.24. The van der Waals surface area contributed by atoms with Gasteiger partial charge in [-0.2, -0.15) is 0 Å². The topological polar surface area (TPSA) is 49.2 Å². The van der Waals surface area contributed by atoms with Gasteiger partial charge in [0.05, 0.1) is 10.4 Å². The molecule has 28 heavy (non-hydrogen) atoms. The van der Waals surface area contributed by atoms with Crippen molar-refractivity contribution in [1.82, 2.24) is 14.9 Å². The lowest BCUT2D eigenvalue weighted by Gasteiger charge is -2.07. The molecule has 0 saturated heterocycles. The van der Waals surface area contributed by atoms with E-state index in [1.807, 2.05) is 25.0 Å². The minimum atomic E-state index is -0.822. The van der Waals surface area contributed by atoms with E-state index in [0.29, 0.717) is 29.1 Å². The molecule has 5 nitrogen and oxygen atoms in total. The predicted octanol–water partition coefficient (Wildman–Crippen LogP) is 4.65. The van der Waals surface area contributed by atoms with Crippen molar-refractivity contribution in [3.63, 3.8) is 0 Å². The minimum Gasteiger partial charge on any atom is -0.476 e. The molecule has 0 saturated carbocycles. The van der Waals surface area contributed by atoms with Gasteiger partial charge in [-0.05, 0) is 25.0 Å². The summed E-state index contributed by atoms with van der Waals surface area (Å²) in [7, 11) is 0.379. The number of fused-ring (bicyclic) bond motifs is 1. The van der Waals surface area contributed by atoms with Crippen LogP contribution in [0.2, 0.25) is 11.8 Å². The number of hydrogen-bond acceptors (Lipinski definition) is 4. The Morgan fingerprint density at radius 1 is 1.11 bits per heavy atom. The predicted molar refractivity (Wildman–Crippen MR) is 104 cm³/mol. The summed E-state index contributed by atoms with van der Waals surface area (Å²) in [6, 6.07) is 11.9. The standard InChI is InChI=1S/C19H13BClF2N3O2/c1-20-28-26-16-9-18(27-17-7-6-11(22)8-15(17)23)24-10-13(16)19(25-26)12-4-2-3-5-14(12)21/h2-10,20H,1H3. The number of nitrogens with zero attached hydrogens (tertiary/aromatic N) is 3. The van der Waals surface area contributed by atoms with Crippen LogP contribution in [0.15, 0.2) is 54.7 Å². The second-order valence-electron chi connectivity index (χ2n) is 5.84. The van der Waals surface area contributed by atoms with Gasteiger partial charge < -0.3 is 9.49 Å². The van der Waals surface area contributed by atoms with Gasteiger partial charge in [0.15, 0.2) is 11.6 Å². The summed E-state index contributed by atoms with van der Waals surface area (Å²) in [5.74, 6) is -1.53. The van der Waals surface area contributed by atoms with Crippen LogP contribution < -0.4 is 9.49 Å². The van der Waals surface area contributed by atoms with Crippen LogP contribution in [-0.2, 0) is 0 Å². The Morgan fingerprint density at radius 3 is 2.68 bits per heavy atom. The zero-order valence-corrected chi connectivity index (χ0v) is 15.5. The lowest BCUT2D eigenvalue weighted by Crippen LogP contribution is -2.14. The summed E-state index contributed by atoms with van der Waals surface area (Å²) >= 11 is 6.31. The zero-order chi connectivity index (χ0) is 19.7. The first-order valence-electron chi connectivity index (χ1n) is 8.46. The van der Waals surface area contributed by atoms with Crippen molar-refractivity contribution >= 4 is 30.0 Å². The molecule has 0 amide bonds. The van der Waals surface area contributed by atoms with Gasteiger partial charge in [0.1, 0.15) is 17.0 Å². The molecule has 4 aromatic rings. The van der Waals surface area contributed by atoms with Gasteiger partial charge >= 0.3 is 7.48 Å². The Bertz CT molecular complexity index is 1170. The monoisotopic (exact) mass is 399 g/mol. The summed E-state index contributed by atoms with van der Waals surface area (Å²) < 4.78 is 38.0. The van der Waals surface area contributed by atoms with Gasteiger partial charge in [-0.15, -0.1) is 9.94 Å². The average molecular weight is 400 g/mol. The molecule has 0 bridgehead atoms. The molecule has 4 rings (SSSR count).